The number of nitrogens with one attached hydrogen (secondary N) is 1. The smallest absolute Gasteiger partial charge is 0.248 e. The highest BCUT2D eigenvalue weighted by Crippen LogP contribution is 2.31. The number of thiophene rings is 1. The first-order chi connectivity index (χ1) is 16.0. The van der Waals surface area contributed by atoms with Crippen molar-refractivity contribution in [2.75, 3.05) is 12.0 Å². The van der Waals surface area contributed by atoms with E-state index in [0.29, 0.717) is 5.75 Å². The molecule has 0 bridgehead atoms. The fourth-order valence-electron chi connectivity index (χ4n) is 4.42. The first kappa shape index (κ1) is 23.1. The monoisotopic (exact) mass is 462 g/mol. The van der Waals surface area contributed by atoms with Crippen molar-refractivity contribution in [3.8, 4) is 5.75 Å². The lowest BCUT2D eigenvalue weighted by Crippen LogP contribution is -2.46. The Hall–Kier alpha value is -3.12. The molecule has 1 atom stereocenters. The average molecular weight is 463 g/mol. The Morgan fingerprint density at radius 1 is 1.09 bits per heavy atom. The maximum Gasteiger partial charge on any atom is 0.248 e. The third-order valence-electron chi connectivity index (χ3n) is 6.09. The van der Waals surface area contributed by atoms with Gasteiger partial charge in [0.2, 0.25) is 11.8 Å². The van der Waals surface area contributed by atoms with Crippen LogP contribution in [-0.4, -0.2) is 25.0 Å². The van der Waals surface area contributed by atoms with E-state index >= 15 is 0 Å². The highest BCUT2D eigenvalue weighted by Gasteiger charge is 2.34. The van der Waals surface area contributed by atoms with Crippen LogP contribution in [0.1, 0.15) is 47.7 Å². The number of anilines is 1. The minimum absolute atomic E-state index is 0.106. The zero-order valence-electron chi connectivity index (χ0n) is 19.1. The molecule has 2 amide bonds. The van der Waals surface area contributed by atoms with E-state index in [-0.39, 0.29) is 24.3 Å². The van der Waals surface area contributed by atoms with E-state index in [9.17, 15) is 9.59 Å². The van der Waals surface area contributed by atoms with Gasteiger partial charge in [-0.05, 0) is 66.6 Å². The Bertz CT molecular complexity index is 1070. The van der Waals surface area contributed by atoms with Crippen LogP contribution in [0.3, 0.4) is 0 Å². The van der Waals surface area contributed by atoms with Crippen LogP contribution >= 0.6 is 11.3 Å². The molecule has 172 valence electrons. The predicted octanol–water partition coefficient (Wildman–Crippen LogP) is 5.44. The van der Waals surface area contributed by atoms with E-state index in [4.69, 9.17) is 4.74 Å². The predicted molar refractivity (Wildman–Crippen MR) is 133 cm³/mol. The quantitative estimate of drug-likeness (QED) is 0.485. The van der Waals surface area contributed by atoms with Crippen molar-refractivity contribution in [3.05, 3.63) is 82.0 Å². The van der Waals surface area contributed by atoms with Crippen molar-refractivity contribution < 1.29 is 14.3 Å². The van der Waals surface area contributed by atoms with E-state index in [1.54, 1.807) is 23.3 Å². The van der Waals surface area contributed by atoms with E-state index < -0.39 is 6.04 Å². The lowest BCUT2D eigenvalue weighted by atomic mass is 10.0. The Morgan fingerprint density at radius 2 is 1.85 bits per heavy atom. The molecule has 0 radical (unpaired) electrons. The lowest BCUT2D eigenvalue weighted by Gasteiger charge is -2.32. The van der Waals surface area contributed by atoms with E-state index in [0.717, 1.165) is 47.4 Å². The van der Waals surface area contributed by atoms with Gasteiger partial charge in [-0.2, -0.15) is 0 Å². The number of ether oxygens (including phenoxy) is 1. The molecule has 6 heteroatoms. The van der Waals surface area contributed by atoms with Crippen LogP contribution in [-0.2, 0) is 16.0 Å². The number of nitrogens with zero attached hydrogens (tertiary/aromatic N) is 1. The molecule has 1 saturated carbocycles. The van der Waals surface area contributed by atoms with Gasteiger partial charge in [-0.3, -0.25) is 14.5 Å². The summed E-state index contributed by atoms with van der Waals surface area (Å²) in [6, 6.07) is 18.5. The molecule has 4 rings (SSSR count). The molecule has 1 aliphatic carbocycles. The van der Waals surface area contributed by atoms with Gasteiger partial charge in [0.15, 0.2) is 0 Å². The van der Waals surface area contributed by atoms with E-state index in [1.165, 1.54) is 0 Å². The molecule has 0 aliphatic heterocycles. The van der Waals surface area contributed by atoms with Gasteiger partial charge in [-0.25, -0.2) is 0 Å². The summed E-state index contributed by atoms with van der Waals surface area (Å²) in [6.07, 6.45) is 4.45. The van der Waals surface area contributed by atoms with Crippen LogP contribution in [0.4, 0.5) is 5.69 Å². The fraction of sp³-hybridized carbons (Fsp3) is 0.333. The largest absolute Gasteiger partial charge is 0.497 e. The molecule has 0 spiro atoms. The number of carbonyl (C=O) groups is 2. The molecular formula is C27H30N2O3S. The van der Waals surface area contributed by atoms with Crippen LogP contribution in [0, 0.1) is 6.92 Å². The van der Waals surface area contributed by atoms with E-state index in [2.05, 4.69) is 5.32 Å². The van der Waals surface area contributed by atoms with Gasteiger partial charge >= 0.3 is 0 Å². The van der Waals surface area contributed by atoms with Crippen LogP contribution in [0.2, 0.25) is 0 Å². The van der Waals surface area contributed by atoms with Gasteiger partial charge in [-0.1, -0.05) is 43.2 Å². The molecule has 33 heavy (non-hydrogen) atoms. The number of aryl methyl sites for hydroxylation is 1. The van der Waals surface area contributed by atoms with Gasteiger partial charge in [0, 0.05) is 16.6 Å². The molecule has 5 nitrogen and oxygen atoms in total. The normalized spacial score (nSPS) is 14.6. The molecular weight excluding hydrogens is 432 g/mol. The Labute approximate surface area is 199 Å². The van der Waals surface area contributed by atoms with Crippen molar-refractivity contribution in [1.82, 2.24) is 5.32 Å². The van der Waals surface area contributed by atoms with Gasteiger partial charge in [-0.15, -0.1) is 11.3 Å². The number of hydrogen-bond donors (Lipinski definition) is 1. The summed E-state index contributed by atoms with van der Waals surface area (Å²) >= 11 is 1.55. The molecule has 3 aromatic rings. The van der Waals surface area contributed by atoms with Crippen LogP contribution in [0.15, 0.2) is 66.0 Å². The fourth-order valence-corrected chi connectivity index (χ4v) is 5.11. The Balaban J connectivity index is 1.76. The van der Waals surface area contributed by atoms with Crippen molar-refractivity contribution >= 4 is 28.8 Å². The zero-order chi connectivity index (χ0) is 23.2. The van der Waals surface area contributed by atoms with Crippen LogP contribution in [0.5, 0.6) is 5.75 Å². The van der Waals surface area contributed by atoms with Gasteiger partial charge in [0.1, 0.15) is 11.8 Å². The minimum Gasteiger partial charge on any atom is -0.497 e. The van der Waals surface area contributed by atoms with Gasteiger partial charge < -0.3 is 10.1 Å². The van der Waals surface area contributed by atoms with Crippen LogP contribution in [0.25, 0.3) is 0 Å². The summed E-state index contributed by atoms with van der Waals surface area (Å²) in [4.78, 5) is 30.1. The first-order valence-electron chi connectivity index (χ1n) is 11.4. The second kappa shape index (κ2) is 10.7. The summed E-state index contributed by atoms with van der Waals surface area (Å²) in [5.74, 6) is 0.458. The molecule has 1 aromatic heterocycles. The summed E-state index contributed by atoms with van der Waals surface area (Å²) < 4.78 is 5.32. The third-order valence-corrected chi connectivity index (χ3v) is 6.97. The average Bonchev–Trinajstić information content (AvgIpc) is 3.52. The highest BCUT2D eigenvalue weighted by atomic mass is 32.1. The SMILES string of the molecule is COc1ccc([C@@H](C(=O)NC2CCCC2)N(C(=O)Cc2cccs2)c2cccc(C)c2)cc1. The number of methoxy groups -OCH3 is 1. The molecule has 1 heterocycles. The molecule has 0 saturated heterocycles. The van der Waals surface area contributed by atoms with Crippen molar-refractivity contribution in [2.24, 2.45) is 0 Å². The molecule has 1 fully saturated rings. The third kappa shape index (κ3) is 5.63. The van der Waals surface area contributed by atoms with Gasteiger partial charge in [0.05, 0.1) is 13.5 Å². The standard InChI is InChI=1S/C27H30N2O3S/c1-19-7-5-10-22(17-19)29(25(30)18-24-11-6-16-33-24)26(20-12-14-23(32-2)15-13-20)27(31)28-21-8-3-4-9-21/h5-7,10-17,21,26H,3-4,8-9,18H2,1-2H3,(H,28,31)/t26-/m0/s1. The summed E-state index contributed by atoms with van der Waals surface area (Å²) in [5.41, 5.74) is 2.51. The van der Waals surface area contributed by atoms with Crippen molar-refractivity contribution in [3.63, 3.8) is 0 Å². The topological polar surface area (TPSA) is 58.6 Å². The van der Waals surface area contributed by atoms with Crippen molar-refractivity contribution in [1.29, 1.82) is 0 Å². The maximum atomic E-state index is 13.7. The van der Waals surface area contributed by atoms with E-state index in [1.807, 2.05) is 73.0 Å². The number of hydrogen-bond acceptors (Lipinski definition) is 4. The van der Waals surface area contributed by atoms with Crippen molar-refractivity contribution in [2.45, 2.75) is 51.1 Å². The Kier molecular flexibility index (Phi) is 7.45. The lowest BCUT2D eigenvalue weighted by molar-refractivity contribution is -0.127. The second-order valence-electron chi connectivity index (χ2n) is 8.52. The molecule has 1 aliphatic rings. The molecule has 2 aromatic carbocycles. The van der Waals surface area contributed by atoms with Crippen LogP contribution < -0.4 is 15.0 Å². The summed E-state index contributed by atoms with van der Waals surface area (Å²) in [6.45, 7) is 1.99. The number of amides is 2. The summed E-state index contributed by atoms with van der Waals surface area (Å²) in [5, 5.41) is 5.19. The minimum atomic E-state index is -0.772. The summed E-state index contributed by atoms with van der Waals surface area (Å²) in [7, 11) is 1.61. The Morgan fingerprint density at radius 3 is 2.48 bits per heavy atom. The first-order valence-corrected chi connectivity index (χ1v) is 12.3. The molecule has 1 N–H and O–H groups in total. The molecule has 0 unspecified atom stereocenters. The highest BCUT2D eigenvalue weighted by molar-refractivity contribution is 7.10. The number of carbonyl (C=O) groups excluding carboxylic acids is 2. The number of rotatable bonds is 8. The second-order valence-corrected chi connectivity index (χ2v) is 9.56. The maximum absolute atomic E-state index is 13.7. The van der Waals surface area contributed by atoms with Gasteiger partial charge in [0.25, 0.3) is 0 Å². The zero-order valence-corrected chi connectivity index (χ0v) is 19.9. The number of benzene rings is 2.